The third kappa shape index (κ3) is 5.96. The molecule has 2 aliphatic rings. The fourth-order valence-corrected chi connectivity index (χ4v) is 5.35. The van der Waals surface area contributed by atoms with E-state index in [1.54, 1.807) is 12.1 Å². The fourth-order valence-electron chi connectivity index (χ4n) is 5.35. The Morgan fingerprint density at radius 1 is 0.769 bits per heavy atom. The maximum absolute atomic E-state index is 13.1. The Kier molecular flexibility index (Phi) is 7.77. The van der Waals surface area contributed by atoms with Gasteiger partial charge in [0.2, 0.25) is 0 Å². The van der Waals surface area contributed by atoms with E-state index in [0.29, 0.717) is 5.92 Å². The Hall–Kier alpha value is -1.11. The van der Waals surface area contributed by atoms with Crippen molar-refractivity contribution in [2.75, 3.05) is 0 Å². The summed E-state index contributed by atoms with van der Waals surface area (Å²) in [5.41, 5.74) is 1.35. The molecule has 0 heterocycles. The lowest BCUT2D eigenvalue weighted by Gasteiger charge is -2.32. The van der Waals surface area contributed by atoms with Gasteiger partial charge in [-0.2, -0.15) is 0 Å². The lowest BCUT2D eigenvalue weighted by molar-refractivity contribution is 0.223. The van der Waals surface area contributed by atoms with Gasteiger partial charge in [0.05, 0.1) is 0 Å². The average Bonchev–Trinajstić information content (AvgIpc) is 2.69. The highest BCUT2D eigenvalue weighted by atomic mass is 19.1. The molecule has 0 unspecified atom stereocenters. The maximum atomic E-state index is 13.1. The van der Waals surface area contributed by atoms with Crippen molar-refractivity contribution >= 4 is 0 Å². The summed E-state index contributed by atoms with van der Waals surface area (Å²) < 4.78 is 13.1. The minimum Gasteiger partial charge on any atom is -0.207 e. The zero-order chi connectivity index (χ0) is 18.2. The van der Waals surface area contributed by atoms with Crippen molar-refractivity contribution in [1.82, 2.24) is 0 Å². The number of allylic oxidation sites excluding steroid dienone is 1. The van der Waals surface area contributed by atoms with E-state index in [1.165, 1.54) is 89.0 Å². The topological polar surface area (TPSA) is 0 Å². The van der Waals surface area contributed by atoms with Crippen LogP contribution in [0.4, 0.5) is 4.39 Å². The maximum Gasteiger partial charge on any atom is 0.123 e. The minimum absolute atomic E-state index is 0.113. The van der Waals surface area contributed by atoms with Crippen LogP contribution in [0.5, 0.6) is 0 Å². The van der Waals surface area contributed by atoms with E-state index in [-0.39, 0.29) is 5.82 Å². The molecule has 0 aromatic heterocycles. The Morgan fingerprint density at radius 3 is 1.81 bits per heavy atom. The molecule has 2 aliphatic carbocycles. The molecular formula is C25H37F. The summed E-state index contributed by atoms with van der Waals surface area (Å²) in [6, 6.07) is 7.23. The van der Waals surface area contributed by atoms with Crippen molar-refractivity contribution in [2.24, 2.45) is 17.8 Å². The van der Waals surface area contributed by atoms with Gasteiger partial charge in [-0.05, 0) is 79.9 Å². The van der Waals surface area contributed by atoms with Gasteiger partial charge in [-0.1, -0.05) is 63.2 Å². The zero-order valence-electron chi connectivity index (χ0n) is 16.5. The monoisotopic (exact) mass is 356 g/mol. The third-order valence-electron chi connectivity index (χ3n) is 7.16. The predicted molar refractivity (Wildman–Crippen MR) is 110 cm³/mol. The summed E-state index contributed by atoms with van der Waals surface area (Å²) in [5, 5.41) is 0. The normalized spacial score (nSPS) is 29.4. The van der Waals surface area contributed by atoms with Crippen LogP contribution in [0.15, 0.2) is 36.9 Å². The molecule has 0 saturated heterocycles. The first-order chi connectivity index (χ1) is 12.7. The largest absolute Gasteiger partial charge is 0.207 e. The van der Waals surface area contributed by atoms with Crippen LogP contribution in [0.1, 0.15) is 95.0 Å². The number of benzene rings is 1. The smallest absolute Gasteiger partial charge is 0.123 e. The molecule has 3 rings (SSSR count). The van der Waals surface area contributed by atoms with E-state index >= 15 is 0 Å². The van der Waals surface area contributed by atoms with Crippen molar-refractivity contribution in [1.29, 1.82) is 0 Å². The highest BCUT2D eigenvalue weighted by Crippen LogP contribution is 2.40. The van der Waals surface area contributed by atoms with E-state index in [2.05, 4.69) is 12.7 Å². The molecule has 0 bridgehead atoms. The van der Waals surface area contributed by atoms with Crippen molar-refractivity contribution in [2.45, 2.75) is 89.4 Å². The van der Waals surface area contributed by atoms with Crippen LogP contribution in [0.3, 0.4) is 0 Å². The predicted octanol–water partition coefficient (Wildman–Crippen LogP) is 8.04. The molecule has 2 saturated carbocycles. The first kappa shape index (κ1) is 19.6. The average molecular weight is 357 g/mol. The molecule has 0 N–H and O–H groups in total. The van der Waals surface area contributed by atoms with E-state index in [1.807, 2.05) is 12.1 Å². The molecule has 0 spiro atoms. The molecule has 2 fully saturated rings. The molecule has 0 nitrogen and oxygen atoms in total. The number of hydrogen-bond acceptors (Lipinski definition) is 0. The number of halogens is 1. The summed E-state index contributed by atoms with van der Waals surface area (Å²) in [6.07, 6.45) is 20.2. The van der Waals surface area contributed by atoms with Gasteiger partial charge in [-0.15, -0.1) is 6.58 Å². The molecule has 0 radical (unpaired) electrons. The zero-order valence-corrected chi connectivity index (χ0v) is 16.5. The third-order valence-corrected chi connectivity index (χ3v) is 7.16. The van der Waals surface area contributed by atoms with Crippen molar-refractivity contribution in [3.63, 3.8) is 0 Å². The molecule has 1 heteroatoms. The highest BCUT2D eigenvalue weighted by Gasteiger charge is 2.25. The number of unbranched alkanes of at least 4 members (excludes halogenated alkanes) is 1. The van der Waals surface area contributed by atoms with Gasteiger partial charge < -0.3 is 0 Å². The van der Waals surface area contributed by atoms with Gasteiger partial charge in [0.25, 0.3) is 0 Å². The second kappa shape index (κ2) is 10.3. The number of hydrogen-bond donors (Lipinski definition) is 0. The van der Waals surface area contributed by atoms with Crippen LogP contribution in [0.25, 0.3) is 0 Å². The van der Waals surface area contributed by atoms with Gasteiger partial charge in [0.15, 0.2) is 0 Å². The number of rotatable bonds is 8. The standard InChI is InChI=1S/C25H37F/c1-2-3-4-5-20-6-8-21(9-7-20)10-11-22-12-14-23(15-13-22)24-16-18-25(26)19-17-24/h2,16-23H,1,3-15H2/t20-,21-,22?,23?. The molecule has 0 atom stereocenters. The first-order valence-corrected chi connectivity index (χ1v) is 11.1. The molecule has 0 aliphatic heterocycles. The van der Waals surface area contributed by atoms with Gasteiger partial charge >= 0.3 is 0 Å². The SMILES string of the molecule is C=CCCC[C@H]1CC[C@H](CCC2CCC(c3ccc(F)cc3)CC2)CC1. The van der Waals surface area contributed by atoms with Crippen LogP contribution in [-0.2, 0) is 0 Å². The van der Waals surface area contributed by atoms with Crippen LogP contribution < -0.4 is 0 Å². The van der Waals surface area contributed by atoms with E-state index in [4.69, 9.17) is 0 Å². The van der Waals surface area contributed by atoms with Gasteiger partial charge in [0, 0.05) is 0 Å². The minimum atomic E-state index is -0.113. The van der Waals surface area contributed by atoms with Crippen LogP contribution in [0.2, 0.25) is 0 Å². The molecular weight excluding hydrogens is 319 g/mol. The first-order valence-electron chi connectivity index (χ1n) is 11.1. The second-order valence-electron chi connectivity index (χ2n) is 8.95. The highest BCUT2D eigenvalue weighted by molar-refractivity contribution is 5.20. The second-order valence-corrected chi connectivity index (χ2v) is 8.95. The van der Waals surface area contributed by atoms with Gasteiger partial charge in [-0.3, -0.25) is 0 Å². The van der Waals surface area contributed by atoms with Gasteiger partial charge in [0.1, 0.15) is 5.82 Å². The van der Waals surface area contributed by atoms with E-state index < -0.39 is 0 Å². The summed E-state index contributed by atoms with van der Waals surface area (Å²) in [7, 11) is 0. The van der Waals surface area contributed by atoms with Crippen molar-refractivity contribution in [3.8, 4) is 0 Å². The lowest BCUT2D eigenvalue weighted by Crippen LogP contribution is -2.17. The Morgan fingerprint density at radius 2 is 1.27 bits per heavy atom. The molecule has 26 heavy (non-hydrogen) atoms. The Labute approximate surface area is 160 Å². The summed E-state index contributed by atoms with van der Waals surface area (Å²) >= 11 is 0. The molecule has 144 valence electrons. The summed E-state index contributed by atoms with van der Waals surface area (Å²) in [6.45, 7) is 3.83. The van der Waals surface area contributed by atoms with Crippen LogP contribution in [-0.4, -0.2) is 0 Å². The quantitative estimate of drug-likeness (QED) is 0.326. The van der Waals surface area contributed by atoms with Crippen molar-refractivity contribution in [3.05, 3.63) is 48.3 Å². The molecule has 0 amide bonds. The van der Waals surface area contributed by atoms with E-state index in [9.17, 15) is 4.39 Å². The lowest BCUT2D eigenvalue weighted by atomic mass is 9.74. The Bertz CT molecular complexity index is 516. The van der Waals surface area contributed by atoms with Crippen molar-refractivity contribution < 1.29 is 4.39 Å². The van der Waals surface area contributed by atoms with Crippen LogP contribution in [0, 0.1) is 23.6 Å². The summed E-state index contributed by atoms with van der Waals surface area (Å²) in [5.74, 6) is 3.49. The molecule has 1 aromatic carbocycles. The molecule has 1 aromatic rings. The van der Waals surface area contributed by atoms with Crippen LogP contribution >= 0.6 is 0 Å². The van der Waals surface area contributed by atoms with E-state index in [0.717, 1.165) is 17.8 Å². The Balaban J connectivity index is 1.31. The summed E-state index contributed by atoms with van der Waals surface area (Å²) in [4.78, 5) is 0. The fraction of sp³-hybridized carbons (Fsp3) is 0.680. The van der Waals surface area contributed by atoms with Gasteiger partial charge in [-0.25, -0.2) is 4.39 Å².